The molecular weight excluding hydrogens is 248 g/mol. The molecule has 20 heavy (non-hydrogen) atoms. The Kier molecular flexibility index (Phi) is 4.39. The normalized spacial score (nSPS) is 11.7. The number of benzene rings is 2. The number of anilines is 1. The van der Waals surface area contributed by atoms with E-state index in [2.05, 4.69) is 43.4 Å². The van der Waals surface area contributed by atoms with Crippen molar-refractivity contribution in [2.24, 2.45) is 0 Å². The summed E-state index contributed by atoms with van der Waals surface area (Å²) in [6, 6.07) is 15.3. The lowest BCUT2D eigenvalue weighted by atomic mass is 10.1. The number of nitriles is 1. The SMILES string of the molecule is Cc1cc(C)cc(NCC(O)c2ccc(C#N)cc2)c1. The van der Waals surface area contributed by atoms with Crippen molar-refractivity contribution < 1.29 is 5.11 Å². The van der Waals surface area contributed by atoms with E-state index in [9.17, 15) is 5.11 Å². The molecule has 0 amide bonds. The van der Waals surface area contributed by atoms with Gasteiger partial charge in [0.25, 0.3) is 0 Å². The Morgan fingerprint density at radius 3 is 2.25 bits per heavy atom. The molecule has 0 aliphatic heterocycles. The van der Waals surface area contributed by atoms with E-state index in [0.29, 0.717) is 12.1 Å². The molecule has 0 aromatic heterocycles. The second-order valence-corrected chi connectivity index (χ2v) is 5.01. The van der Waals surface area contributed by atoms with E-state index in [-0.39, 0.29) is 0 Å². The maximum absolute atomic E-state index is 10.1. The third-order valence-corrected chi connectivity index (χ3v) is 3.15. The van der Waals surface area contributed by atoms with Crippen molar-refractivity contribution in [3.63, 3.8) is 0 Å². The summed E-state index contributed by atoms with van der Waals surface area (Å²) >= 11 is 0. The van der Waals surface area contributed by atoms with E-state index in [1.807, 2.05) is 0 Å². The molecule has 2 aromatic carbocycles. The highest BCUT2D eigenvalue weighted by Gasteiger charge is 2.07. The minimum Gasteiger partial charge on any atom is -0.387 e. The van der Waals surface area contributed by atoms with Crippen LogP contribution in [0.2, 0.25) is 0 Å². The van der Waals surface area contributed by atoms with E-state index >= 15 is 0 Å². The number of nitrogens with one attached hydrogen (secondary N) is 1. The highest BCUT2D eigenvalue weighted by Crippen LogP contribution is 2.17. The Balaban J connectivity index is 2.00. The molecule has 0 aliphatic rings. The molecule has 1 atom stereocenters. The Morgan fingerprint density at radius 1 is 1.10 bits per heavy atom. The first-order chi connectivity index (χ1) is 9.58. The number of hydrogen-bond acceptors (Lipinski definition) is 3. The average molecular weight is 266 g/mol. The highest BCUT2D eigenvalue weighted by atomic mass is 16.3. The molecule has 2 aromatic rings. The van der Waals surface area contributed by atoms with Gasteiger partial charge in [0, 0.05) is 12.2 Å². The van der Waals surface area contributed by atoms with Crippen molar-refractivity contribution in [3.05, 3.63) is 64.7 Å². The summed E-state index contributed by atoms with van der Waals surface area (Å²) in [5, 5.41) is 22.1. The number of aryl methyl sites for hydroxylation is 2. The quantitative estimate of drug-likeness (QED) is 0.892. The van der Waals surface area contributed by atoms with Crippen LogP contribution < -0.4 is 5.32 Å². The second-order valence-electron chi connectivity index (χ2n) is 5.01. The van der Waals surface area contributed by atoms with Crippen LogP contribution in [0.4, 0.5) is 5.69 Å². The van der Waals surface area contributed by atoms with Gasteiger partial charge in [-0.15, -0.1) is 0 Å². The molecule has 0 heterocycles. The molecule has 0 saturated heterocycles. The van der Waals surface area contributed by atoms with Crippen LogP contribution in [0.3, 0.4) is 0 Å². The summed E-state index contributed by atoms with van der Waals surface area (Å²) in [5.41, 5.74) is 4.81. The van der Waals surface area contributed by atoms with E-state index < -0.39 is 6.10 Å². The van der Waals surface area contributed by atoms with Gasteiger partial charge >= 0.3 is 0 Å². The summed E-state index contributed by atoms with van der Waals surface area (Å²) in [7, 11) is 0. The van der Waals surface area contributed by atoms with E-state index in [1.165, 1.54) is 11.1 Å². The maximum Gasteiger partial charge on any atom is 0.0991 e. The highest BCUT2D eigenvalue weighted by molar-refractivity contribution is 5.48. The number of nitrogens with zero attached hydrogens (tertiary/aromatic N) is 1. The van der Waals surface area contributed by atoms with Gasteiger partial charge in [0.05, 0.1) is 17.7 Å². The summed E-state index contributed by atoms with van der Waals surface area (Å²) in [5.74, 6) is 0. The minimum atomic E-state index is -0.594. The summed E-state index contributed by atoms with van der Waals surface area (Å²) < 4.78 is 0. The molecule has 0 bridgehead atoms. The zero-order valence-electron chi connectivity index (χ0n) is 11.7. The molecule has 3 heteroatoms. The molecular formula is C17H18N2O. The summed E-state index contributed by atoms with van der Waals surface area (Å²) in [6.07, 6.45) is -0.594. The second kappa shape index (κ2) is 6.23. The standard InChI is InChI=1S/C17H18N2O/c1-12-7-13(2)9-16(8-12)19-11-17(20)15-5-3-14(10-18)4-6-15/h3-9,17,19-20H,11H2,1-2H3. The third kappa shape index (κ3) is 3.59. The largest absolute Gasteiger partial charge is 0.387 e. The topological polar surface area (TPSA) is 56.0 Å². The minimum absolute atomic E-state index is 0.439. The van der Waals surface area contributed by atoms with Gasteiger partial charge in [0.1, 0.15) is 0 Å². The lowest BCUT2D eigenvalue weighted by Crippen LogP contribution is -2.12. The van der Waals surface area contributed by atoms with Gasteiger partial charge in [-0.3, -0.25) is 0 Å². The van der Waals surface area contributed by atoms with E-state index in [0.717, 1.165) is 11.3 Å². The number of aliphatic hydroxyl groups excluding tert-OH is 1. The van der Waals surface area contributed by atoms with Crippen molar-refractivity contribution in [1.82, 2.24) is 0 Å². The van der Waals surface area contributed by atoms with Gasteiger partial charge in [-0.05, 0) is 54.8 Å². The van der Waals surface area contributed by atoms with Gasteiger partial charge in [0.15, 0.2) is 0 Å². The van der Waals surface area contributed by atoms with Crippen molar-refractivity contribution >= 4 is 5.69 Å². The number of hydrogen-bond donors (Lipinski definition) is 2. The first kappa shape index (κ1) is 14.1. The van der Waals surface area contributed by atoms with Crippen molar-refractivity contribution in [2.45, 2.75) is 20.0 Å². The summed E-state index contributed by atoms with van der Waals surface area (Å²) in [4.78, 5) is 0. The zero-order chi connectivity index (χ0) is 14.5. The summed E-state index contributed by atoms with van der Waals surface area (Å²) in [6.45, 7) is 4.54. The predicted octanol–water partition coefficient (Wildman–Crippen LogP) is 3.32. The smallest absolute Gasteiger partial charge is 0.0991 e. The first-order valence-corrected chi connectivity index (χ1v) is 6.59. The molecule has 2 N–H and O–H groups in total. The molecule has 0 saturated carbocycles. The van der Waals surface area contributed by atoms with Gasteiger partial charge in [-0.2, -0.15) is 5.26 Å². The monoisotopic (exact) mass is 266 g/mol. The van der Waals surface area contributed by atoms with Crippen LogP contribution in [0.25, 0.3) is 0 Å². The predicted molar refractivity (Wildman–Crippen MR) is 80.5 cm³/mol. The Morgan fingerprint density at radius 2 is 1.70 bits per heavy atom. The Labute approximate surface area is 119 Å². The van der Waals surface area contributed by atoms with Crippen molar-refractivity contribution in [1.29, 1.82) is 5.26 Å². The molecule has 0 spiro atoms. The fourth-order valence-corrected chi connectivity index (χ4v) is 2.19. The van der Waals surface area contributed by atoms with Crippen LogP contribution in [0.15, 0.2) is 42.5 Å². The van der Waals surface area contributed by atoms with Gasteiger partial charge in [-0.25, -0.2) is 0 Å². The van der Waals surface area contributed by atoms with Crippen LogP contribution in [-0.4, -0.2) is 11.7 Å². The van der Waals surface area contributed by atoms with Crippen molar-refractivity contribution in [3.8, 4) is 6.07 Å². The lowest BCUT2D eigenvalue weighted by molar-refractivity contribution is 0.191. The van der Waals surface area contributed by atoms with Gasteiger partial charge < -0.3 is 10.4 Å². The molecule has 0 radical (unpaired) electrons. The van der Waals surface area contributed by atoms with Crippen LogP contribution in [0.1, 0.15) is 28.4 Å². The molecule has 1 unspecified atom stereocenters. The number of rotatable bonds is 4. The van der Waals surface area contributed by atoms with Crippen molar-refractivity contribution in [2.75, 3.05) is 11.9 Å². The molecule has 2 rings (SSSR count). The molecule has 0 aliphatic carbocycles. The van der Waals surface area contributed by atoms with Crippen LogP contribution in [0, 0.1) is 25.2 Å². The molecule has 102 valence electrons. The van der Waals surface area contributed by atoms with Crippen LogP contribution in [-0.2, 0) is 0 Å². The average Bonchev–Trinajstić information content (AvgIpc) is 2.44. The first-order valence-electron chi connectivity index (χ1n) is 6.59. The van der Waals surface area contributed by atoms with Gasteiger partial charge in [0.2, 0.25) is 0 Å². The number of aliphatic hydroxyl groups is 1. The Bertz CT molecular complexity index is 606. The fraction of sp³-hybridized carbons (Fsp3) is 0.235. The van der Waals surface area contributed by atoms with E-state index in [4.69, 9.17) is 5.26 Å². The van der Waals surface area contributed by atoms with Crippen LogP contribution in [0.5, 0.6) is 0 Å². The molecule has 3 nitrogen and oxygen atoms in total. The van der Waals surface area contributed by atoms with E-state index in [1.54, 1.807) is 24.3 Å². The molecule has 0 fully saturated rings. The lowest BCUT2D eigenvalue weighted by Gasteiger charge is -2.14. The Hall–Kier alpha value is -2.31. The third-order valence-electron chi connectivity index (χ3n) is 3.15. The zero-order valence-corrected chi connectivity index (χ0v) is 11.7. The van der Waals surface area contributed by atoms with Crippen LogP contribution >= 0.6 is 0 Å². The van der Waals surface area contributed by atoms with Gasteiger partial charge in [-0.1, -0.05) is 18.2 Å². The fourth-order valence-electron chi connectivity index (χ4n) is 2.19. The maximum atomic E-state index is 10.1.